The van der Waals surface area contributed by atoms with Crippen molar-refractivity contribution in [2.45, 2.75) is 32.4 Å². The lowest BCUT2D eigenvalue weighted by Gasteiger charge is -2.16. The molecule has 0 saturated carbocycles. The fourth-order valence-electron chi connectivity index (χ4n) is 2.04. The molecule has 0 spiro atoms. The number of anilines is 1. The first-order valence-electron chi connectivity index (χ1n) is 5.64. The summed E-state index contributed by atoms with van der Waals surface area (Å²) in [7, 11) is 1.86. The van der Waals surface area contributed by atoms with E-state index in [1.54, 1.807) is 15.8 Å². The largest absolute Gasteiger partial charge is 0.308 e. The Balaban J connectivity index is 2.07. The molecule has 88 valence electrons. The molecule has 1 aliphatic rings. The van der Waals surface area contributed by atoms with Gasteiger partial charge in [0.1, 0.15) is 0 Å². The van der Waals surface area contributed by atoms with Crippen LogP contribution in [0.3, 0.4) is 0 Å². The molecule has 0 bridgehead atoms. The molecule has 1 saturated heterocycles. The van der Waals surface area contributed by atoms with E-state index in [0.29, 0.717) is 6.04 Å². The Kier molecular flexibility index (Phi) is 2.96. The van der Waals surface area contributed by atoms with Crippen molar-refractivity contribution in [2.24, 2.45) is 7.05 Å². The molecule has 1 atom stereocenters. The topological polar surface area (TPSA) is 50.2 Å². The molecule has 0 aliphatic carbocycles. The lowest BCUT2D eigenvalue weighted by atomic mass is 10.2. The van der Waals surface area contributed by atoms with Crippen LogP contribution in [0.15, 0.2) is 12.4 Å². The number of hydrogen-bond donors (Lipinski definition) is 1. The number of nitrogens with one attached hydrogen (secondary N) is 1. The maximum Gasteiger partial charge on any atom is 0.244 e. The number of hydrogen-bond acceptors (Lipinski definition) is 3. The molecule has 2 heterocycles. The van der Waals surface area contributed by atoms with E-state index >= 15 is 0 Å². The number of aryl methyl sites for hydroxylation is 1. The number of carbonyl (C=O) groups is 1. The smallest absolute Gasteiger partial charge is 0.244 e. The Bertz CT molecular complexity index is 385. The minimum atomic E-state index is -0.0415. The second kappa shape index (κ2) is 4.25. The molecule has 0 aromatic carbocycles. The van der Waals surface area contributed by atoms with E-state index < -0.39 is 0 Å². The summed E-state index contributed by atoms with van der Waals surface area (Å²) in [4.78, 5) is 13.9. The third-order valence-corrected chi connectivity index (χ3v) is 2.74. The van der Waals surface area contributed by atoms with Gasteiger partial charge >= 0.3 is 0 Å². The number of amides is 1. The van der Waals surface area contributed by atoms with Gasteiger partial charge in [-0.1, -0.05) is 13.8 Å². The molecule has 1 aromatic rings. The lowest BCUT2D eigenvalue weighted by molar-refractivity contribution is -0.118. The van der Waals surface area contributed by atoms with Crippen molar-refractivity contribution in [3.63, 3.8) is 0 Å². The predicted octanol–water partition coefficient (Wildman–Crippen LogP) is 0.523. The summed E-state index contributed by atoms with van der Waals surface area (Å²) in [6.07, 6.45) is 4.47. The zero-order chi connectivity index (χ0) is 11.7. The third kappa shape index (κ3) is 2.09. The maximum atomic E-state index is 12.1. The van der Waals surface area contributed by atoms with Crippen LogP contribution in [0.2, 0.25) is 0 Å². The summed E-state index contributed by atoms with van der Waals surface area (Å²) in [5.74, 6) is 0.154. The van der Waals surface area contributed by atoms with Crippen LogP contribution in [-0.2, 0) is 11.8 Å². The van der Waals surface area contributed by atoms with E-state index in [9.17, 15) is 4.79 Å². The Morgan fingerprint density at radius 3 is 2.88 bits per heavy atom. The Hall–Kier alpha value is -1.36. The van der Waals surface area contributed by atoms with Crippen LogP contribution in [0.1, 0.15) is 20.3 Å². The highest BCUT2D eigenvalue weighted by molar-refractivity contribution is 5.99. The average molecular weight is 222 g/mol. The van der Waals surface area contributed by atoms with Gasteiger partial charge in [0.15, 0.2) is 0 Å². The summed E-state index contributed by atoms with van der Waals surface area (Å²) in [5, 5.41) is 7.36. The molecule has 0 radical (unpaired) electrons. The summed E-state index contributed by atoms with van der Waals surface area (Å²) in [5.41, 5.74) is 0.889. The van der Waals surface area contributed by atoms with Gasteiger partial charge in [-0.2, -0.15) is 5.10 Å². The van der Waals surface area contributed by atoms with Gasteiger partial charge in [0, 0.05) is 25.8 Å². The van der Waals surface area contributed by atoms with Crippen molar-refractivity contribution in [3.8, 4) is 0 Å². The van der Waals surface area contributed by atoms with Gasteiger partial charge in [-0.15, -0.1) is 0 Å². The number of rotatable bonds is 3. The zero-order valence-electron chi connectivity index (χ0n) is 9.97. The van der Waals surface area contributed by atoms with Crippen molar-refractivity contribution in [1.29, 1.82) is 0 Å². The molecule has 2 rings (SSSR count). The van der Waals surface area contributed by atoms with Gasteiger partial charge in [-0.25, -0.2) is 0 Å². The number of nitrogens with zero attached hydrogens (tertiary/aromatic N) is 3. The Morgan fingerprint density at radius 2 is 2.31 bits per heavy atom. The van der Waals surface area contributed by atoms with Crippen molar-refractivity contribution in [2.75, 3.05) is 11.4 Å². The van der Waals surface area contributed by atoms with Gasteiger partial charge in [0.25, 0.3) is 0 Å². The SMILES string of the molecule is CC(C)NC1CCN(c2cnn(C)c2)C1=O. The minimum absolute atomic E-state index is 0.0415. The molecule has 1 amide bonds. The highest BCUT2D eigenvalue weighted by Gasteiger charge is 2.33. The van der Waals surface area contributed by atoms with E-state index in [0.717, 1.165) is 18.7 Å². The molecule has 5 nitrogen and oxygen atoms in total. The molecule has 1 unspecified atom stereocenters. The molecule has 16 heavy (non-hydrogen) atoms. The van der Waals surface area contributed by atoms with E-state index in [4.69, 9.17) is 0 Å². The minimum Gasteiger partial charge on any atom is -0.308 e. The summed E-state index contributed by atoms with van der Waals surface area (Å²) < 4.78 is 1.71. The molecule has 1 aliphatic heterocycles. The highest BCUT2D eigenvalue weighted by Crippen LogP contribution is 2.20. The van der Waals surface area contributed by atoms with Crippen molar-refractivity contribution in [3.05, 3.63) is 12.4 Å². The fraction of sp³-hybridized carbons (Fsp3) is 0.636. The standard InChI is InChI=1S/C11H18N4O/c1-8(2)13-10-4-5-15(11(10)16)9-6-12-14(3)7-9/h6-8,10,13H,4-5H2,1-3H3. The van der Waals surface area contributed by atoms with Crippen LogP contribution in [0.5, 0.6) is 0 Å². The van der Waals surface area contributed by atoms with Crippen molar-refractivity contribution >= 4 is 11.6 Å². The quantitative estimate of drug-likeness (QED) is 0.811. The third-order valence-electron chi connectivity index (χ3n) is 2.74. The number of aromatic nitrogens is 2. The summed E-state index contributed by atoms with van der Waals surface area (Å²) in [6.45, 7) is 4.88. The van der Waals surface area contributed by atoms with Gasteiger partial charge in [0.2, 0.25) is 5.91 Å². The molecule has 5 heteroatoms. The maximum absolute atomic E-state index is 12.1. The van der Waals surface area contributed by atoms with Crippen molar-refractivity contribution in [1.82, 2.24) is 15.1 Å². The fourth-order valence-corrected chi connectivity index (χ4v) is 2.04. The van der Waals surface area contributed by atoms with E-state index in [2.05, 4.69) is 24.3 Å². The molecule has 1 aromatic heterocycles. The summed E-state index contributed by atoms with van der Waals surface area (Å²) >= 11 is 0. The van der Waals surface area contributed by atoms with E-state index in [1.807, 2.05) is 13.2 Å². The van der Waals surface area contributed by atoms with Gasteiger partial charge in [0.05, 0.1) is 17.9 Å². The van der Waals surface area contributed by atoms with Crippen LogP contribution < -0.4 is 10.2 Å². The van der Waals surface area contributed by atoms with Crippen LogP contribution in [0.25, 0.3) is 0 Å². The van der Waals surface area contributed by atoms with E-state index in [1.165, 1.54) is 0 Å². The van der Waals surface area contributed by atoms with Crippen molar-refractivity contribution < 1.29 is 4.79 Å². The van der Waals surface area contributed by atoms with Crippen LogP contribution >= 0.6 is 0 Å². The van der Waals surface area contributed by atoms with E-state index in [-0.39, 0.29) is 11.9 Å². The summed E-state index contributed by atoms with van der Waals surface area (Å²) in [6, 6.07) is 0.294. The van der Waals surface area contributed by atoms with Crippen LogP contribution in [-0.4, -0.2) is 34.3 Å². The Morgan fingerprint density at radius 1 is 1.56 bits per heavy atom. The highest BCUT2D eigenvalue weighted by atomic mass is 16.2. The van der Waals surface area contributed by atoms with Crippen LogP contribution in [0, 0.1) is 0 Å². The first-order valence-corrected chi connectivity index (χ1v) is 5.64. The van der Waals surface area contributed by atoms with Gasteiger partial charge < -0.3 is 10.2 Å². The van der Waals surface area contributed by atoms with Crippen LogP contribution in [0.4, 0.5) is 5.69 Å². The molecule has 1 fully saturated rings. The lowest BCUT2D eigenvalue weighted by Crippen LogP contribution is -2.41. The average Bonchev–Trinajstić information content (AvgIpc) is 2.74. The first-order chi connectivity index (χ1) is 7.58. The second-order valence-corrected chi connectivity index (χ2v) is 4.52. The molecular formula is C11H18N4O. The normalized spacial score (nSPS) is 21.1. The first kappa shape index (κ1) is 11.1. The second-order valence-electron chi connectivity index (χ2n) is 4.52. The van der Waals surface area contributed by atoms with Gasteiger partial charge in [-0.05, 0) is 6.42 Å². The predicted molar refractivity (Wildman–Crippen MR) is 62.2 cm³/mol. The molecule has 1 N–H and O–H groups in total. The zero-order valence-corrected chi connectivity index (χ0v) is 9.97. The number of carbonyl (C=O) groups excluding carboxylic acids is 1. The monoisotopic (exact) mass is 222 g/mol. The van der Waals surface area contributed by atoms with Gasteiger partial charge in [-0.3, -0.25) is 9.48 Å². The Labute approximate surface area is 95.4 Å². The molecular weight excluding hydrogens is 204 g/mol.